The molecule has 1 atom stereocenters. The second-order valence-corrected chi connectivity index (χ2v) is 6.29. The molecule has 0 saturated carbocycles. The summed E-state index contributed by atoms with van der Waals surface area (Å²) >= 11 is 1.06. The van der Waals surface area contributed by atoms with Crippen molar-refractivity contribution in [3.8, 4) is 11.5 Å². The molecule has 2 aliphatic heterocycles. The summed E-state index contributed by atoms with van der Waals surface area (Å²) < 4.78 is 11.1. The fraction of sp³-hybridized carbons (Fsp3) is 0.333. The van der Waals surface area contributed by atoms with Gasteiger partial charge < -0.3 is 19.9 Å². The summed E-state index contributed by atoms with van der Waals surface area (Å²) in [6, 6.07) is 5.44. The number of nitrogens with zero attached hydrogens (tertiary/aromatic N) is 2. The summed E-state index contributed by atoms with van der Waals surface area (Å²) in [7, 11) is 0. The summed E-state index contributed by atoms with van der Waals surface area (Å²) in [4.78, 5) is 22.3. The van der Waals surface area contributed by atoms with Gasteiger partial charge in [0.25, 0.3) is 0 Å². The Kier molecular flexibility index (Phi) is 4.99. The Bertz CT molecular complexity index is 719. The molecular weight excluding hydrogens is 334 g/mol. The van der Waals surface area contributed by atoms with E-state index in [1.807, 2.05) is 12.1 Å². The van der Waals surface area contributed by atoms with Crippen molar-refractivity contribution in [3.63, 3.8) is 0 Å². The number of hydrogen-bond acceptors (Lipinski definition) is 7. The molecule has 126 valence electrons. The molecule has 1 fully saturated rings. The fourth-order valence-electron chi connectivity index (χ4n) is 2.15. The van der Waals surface area contributed by atoms with E-state index in [0.717, 1.165) is 23.7 Å². The minimum Gasteiger partial charge on any atom is -0.490 e. The van der Waals surface area contributed by atoms with Gasteiger partial charge in [-0.2, -0.15) is 5.10 Å². The van der Waals surface area contributed by atoms with Crippen molar-refractivity contribution in [2.75, 3.05) is 13.2 Å². The number of carbonyl (C=O) groups is 2. The van der Waals surface area contributed by atoms with Crippen molar-refractivity contribution in [1.29, 1.82) is 0 Å². The van der Waals surface area contributed by atoms with E-state index in [1.54, 1.807) is 6.07 Å². The van der Waals surface area contributed by atoms with Crippen molar-refractivity contribution in [1.82, 2.24) is 5.32 Å². The van der Waals surface area contributed by atoms with Gasteiger partial charge in [0.05, 0.1) is 25.8 Å². The van der Waals surface area contributed by atoms with Crippen LogP contribution >= 0.6 is 11.8 Å². The van der Waals surface area contributed by atoms with Gasteiger partial charge in [-0.3, -0.25) is 9.59 Å². The molecule has 1 saturated heterocycles. The minimum atomic E-state index is -1.03. The van der Waals surface area contributed by atoms with Crippen molar-refractivity contribution in [3.05, 3.63) is 23.8 Å². The fourth-order valence-corrected chi connectivity index (χ4v) is 3.07. The summed E-state index contributed by atoms with van der Waals surface area (Å²) in [5, 5.41) is 18.7. The number of amidine groups is 1. The predicted molar refractivity (Wildman–Crippen MR) is 88.9 cm³/mol. The van der Waals surface area contributed by atoms with Crippen LogP contribution in [-0.4, -0.2) is 46.8 Å². The number of amides is 1. The molecule has 3 rings (SSSR count). The van der Waals surface area contributed by atoms with Crippen LogP contribution in [0.2, 0.25) is 0 Å². The second kappa shape index (κ2) is 7.35. The number of ether oxygens (including phenoxy) is 2. The molecule has 1 aromatic rings. The van der Waals surface area contributed by atoms with Crippen LogP contribution in [0.5, 0.6) is 11.5 Å². The highest BCUT2D eigenvalue weighted by molar-refractivity contribution is 8.15. The van der Waals surface area contributed by atoms with Crippen LogP contribution < -0.4 is 14.8 Å². The predicted octanol–water partition coefficient (Wildman–Crippen LogP) is 1.24. The van der Waals surface area contributed by atoms with E-state index < -0.39 is 11.2 Å². The van der Waals surface area contributed by atoms with Crippen LogP contribution in [0, 0.1) is 0 Å². The SMILES string of the molecule is O=C(O)CC1SC(=NN=Cc2ccc3c(c2)OCCCO3)NC1=O. The maximum Gasteiger partial charge on any atom is 0.305 e. The molecule has 2 heterocycles. The van der Waals surface area contributed by atoms with E-state index in [-0.39, 0.29) is 17.5 Å². The largest absolute Gasteiger partial charge is 0.490 e. The second-order valence-electron chi connectivity index (χ2n) is 5.10. The topological polar surface area (TPSA) is 110 Å². The third kappa shape index (κ3) is 4.05. The molecule has 0 aliphatic carbocycles. The average molecular weight is 349 g/mol. The van der Waals surface area contributed by atoms with Gasteiger partial charge in [0.1, 0.15) is 5.25 Å². The summed E-state index contributed by atoms with van der Waals surface area (Å²) in [5.41, 5.74) is 0.778. The molecule has 0 spiro atoms. The van der Waals surface area contributed by atoms with Crippen molar-refractivity contribution < 1.29 is 24.2 Å². The zero-order valence-electron chi connectivity index (χ0n) is 12.6. The van der Waals surface area contributed by atoms with Gasteiger partial charge in [0.2, 0.25) is 5.91 Å². The minimum absolute atomic E-state index is 0.249. The number of aliphatic carboxylic acids is 1. The molecule has 2 N–H and O–H groups in total. The Morgan fingerprint density at radius 3 is 2.96 bits per heavy atom. The number of fused-ring (bicyclic) bond motifs is 1. The molecule has 0 aromatic heterocycles. The van der Waals surface area contributed by atoms with Crippen LogP contribution in [0.1, 0.15) is 18.4 Å². The molecule has 8 nitrogen and oxygen atoms in total. The Balaban J connectivity index is 1.65. The van der Waals surface area contributed by atoms with E-state index >= 15 is 0 Å². The molecule has 2 aliphatic rings. The molecule has 0 radical (unpaired) electrons. The molecule has 9 heteroatoms. The summed E-state index contributed by atoms with van der Waals surface area (Å²) in [5.74, 6) is -0.0354. The average Bonchev–Trinajstić information content (AvgIpc) is 2.74. The van der Waals surface area contributed by atoms with Crippen LogP contribution in [-0.2, 0) is 9.59 Å². The Morgan fingerprint density at radius 2 is 2.17 bits per heavy atom. The molecule has 1 aromatic carbocycles. The molecule has 24 heavy (non-hydrogen) atoms. The summed E-state index contributed by atoms with van der Waals surface area (Å²) in [6.45, 7) is 1.23. The lowest BCUT2D eigenvalue weighted by Gasteiger charge is -2.06. The lowest BCUT2D eigenvalue weighted by Crippen LogP contribution is -2.26. The molecule has 1 unspecified atom stereocenters. The zero-order chi connectivity index (χ0) is 16.9. The van der Waals surface area contributed by atoms with Gasteiger partial charge in [-0.1, -0.05) is 11.8 Å². The van der Waals surface area contributed by atoms with Crippen LogP contribution in [0.25, 0.3) is 0 Å². The van der Waals surface area contributed by atoms with Crippen molar-refractivity contribution in [2.24, 2.45) is 10.2 Å². The van der Waals surface area contributed by atoms with Gasteiger partial charge in [-0.25, -0.2) is 0 Å². The third-order valence-electron chi connectivity index (χ3n) is 3.26. The van der Waals surface area contributed by atoms with Gasteiger partial charge in [0.15, 0.2) is 16.7 Å². The standard InChI is InChI=1S/C15H15N3O5S/c19-13(20)7-12-14(21)17-15(24-12)18-16-8-9-2-3-10-11(6-9)23-5-1-4-22-10/h2-3,6,8,12H,1,4-5,7H2,(H,19,20)(H,17,18,21). The molecule has 0 bridgehead atoms. The number of nitrogens with one attached hydrogen (secondary N) is 1. The smallest absolute Gasteiger partial charge is 0.305 e. The Labute approximate surface area is 141 Å². The van der Waals surface area contributed by atoms with E-state index in [9.17, 15) is 9.59 Å². The van der Waals surface area contributed by atoms with Gasteiger partial charge in [-0.05, 0) is 23.8 Å². The van der Waals surface area contributed by atoms with E-state index in [0.29, 0.717) is 24.7 Å². The highest BCUT2D eigenvalue weighted by Gasteiger charge is 2.32. The highest BCUT2D eigenvalue weighted by Crippen LogP contribution is 2.30. The summed E-state index contributed by atoms with van der Waals surface area (Å²) in [6.07, 6.45) is 2.11. The molecular formula is C15H15N3O5S. The maximum absolute atomic E-state index is 11.6. The first kappa shape index (κ1) is 16.3. The number of carbonyl (C=O) groups excluding carboxylic acids is 1. The van der Waals surface area contributed by atoms with Crippen LogP contribution in [0.3, 0.4) is 0 Å². The maximum atomic E-state index is 11.6. The van der Waals surface area contributed by atoms with E-state index in [4.69, 9.17) is 14.6 Å². The normalized spacial score (nSPS) is 21.8. The number of carboxylic acid groups (broad SMARTS) is 1. The highest BCUT2D eigenvalue weighted by atomic mass is 32.2. The lowest BCUT2D eigenvalue weighted by molar-refractivity contribution is -0.138. The quantitative estimate of drug-likeness (QED) is 0.625. The first-order valence-corrected chi connectivity index (χ1v) is 8.20. The molecule has 1 amide bonds. The monoisotopic (exact) mass is 349 g/mol. The van der Waals surface area contributed by atoms with Gasteiger partial charge in [-0.15, -0.1) is 5.10 Å². The van der Waals surface area contributed by atoms with Gasteiger partial charge >= 0.3 is 5.97 Å². The lowest BCUT2D eigenvalue weighted by atomic mass is 10.2. The third-order valence-corrected chi connectivity index (χ3v) is 4.34. The number of hydrogen-bond donors (Lipinski definition) is 2. The van der Waals surface area contributed by atoms with Crippen molar-refractivity contribution >= 4 is 35.0 Å². The van der Waals surface area contributed by atoms with Crippen LogP contribution in [0.4, 0.5) is 0 Å². The number of thioether (sulfide) groups is 1. The number of carboxylic acids is 1. The number of benzene rings is 1. The van der Waals surface area contributed by atoms with Crippen molar-refractivity contribution in [2.45, 2.75) is 18.1 Å². The van der Waals surface area contributed by atoms with Crippen LogP contribution in [0.15, 0.2) is 28.4 Å². The van der Waals surface area contributed by atoms with E-state index in [1.165, 1.54) is 6.21 Å². The Morgan fingerprint density at radius 1 is 1.38 bits per heavy atom. The number of rotatable bonds is 4. The van der Waals surface area contributed by atoms with E-state index in [2.05, 4.69) is 15.5 Å². The first-order valence-electron chi connectivity index (χ1n) is 7.32. The first-order chi connectivity index (χ1) is 11.6. The zero-order valence-corrected chi connectivity index (χ0v) is 13.4. The Hall–Kier alpha value is -2.55. The van der Waals surface area contributed by atoms with Gasteiger partial charge in [0, 0.05) is 6.42 Å².